The van der Waals surface area contributed by atoms with Crippen molar-refractivity contribution in [3.8, 4) is 5.75 Å². The lowest BCUT2D eigenvalue weighted by Crippen LogP contribution is -2.36. The van der Waals surface area contributed by atoms with Gasteiger partial charge < -0.3 is 15.3 Å². The maximum atomic E-state index is 11.8. The zero-order valence-electron chi connectivity index (χ0n) is 10.9. The first-order valence-electron chi connectivity index (χ1n) is 5.88. The molecule has 0 unspecified atom stereocenters. The first-order valence-corrected chi connectivity index (χ1v) is 6.26. The first-order chi connectivity index (χ1) is 8.41. The summed E-state index contributed by atoms with van der Waals surface area (Å²) in [6.45, 7) is 5.46. The summed E-state index contributed by atoms with van der Waals surface area (Å²) in [5.41, 5.74) is 0.203. The van der Waals surface area contributed by atoms with Crippen molar-refractivity contribution < 1.29 is 9.90 Å². The van der Waals surface area contributed by atoms with Crippen molar-refractivity contribution in [2.24, 2.45) is 0 Å². The van der Waals surface area contributed by atoms with Crippen molar-refractivity contribution in [2.45, 2.75) is 19.9 Å². The molecule has 0 spiro atoms. The Kier molecular flexibility index (Phi) is 5.44. The normalized spacial score (nSPS) is 11.0. The number of carbonyl (C=O) groups is 1. The highest BCUT2D eigenvalue weighted by Crippen LogP contribution is 2.21. The number of carbonyl (C=O) groups excluding carboxylic acids is 1. The molecule has 0 aliphatic carbocycles. The Bertz CT molecular complexity index is 421. The van der Waals surface area contributed by atoms with E-state index in [0.29, 0.717) is 17.6 Å². The van der Waals surface area contributed by atoms with Crippen molar-refractivity contribution in [3.63, 3.8) is 0 Å². The Morgan fingerprint density at radius 1 is 1.50 bits per heavy atom. The van der Waals surface area contributed by atoms with Gasteiger partial charge in [-0.25, -0.2) is 0 Å². The summed E-state index contributed by atoms with van der Waals surface area (Å²) in [4.78, 5) is 13.9. The molecule has 100 valence electrons. The fourth-order valence-electron chi connectivity index (χ4n) is 1.39. The van der Waals surface area contributed by atoms with Gasteiger partial charge in [-0.1, -0.05) is 11.6 Å². The number of phenolic OH excluding ortho intramolecular Hbond substituents is 1. The van der Waals surface area contributed by atoms with Crippen LogP contribution in [0.1, 0.15) is 24.2 Å². The number of halogens is 1. The van der Waals surface area contributed by atoms with Gasteiger partial charge in [0.15, 0.2) is 0 Å². The molecular weight excluding hydrogens is 252 g/mol. The lowest BCUT2D eigenvalue weighted by atomic mass is 10.2. The minimum atomic E-state index is -0.313. The van der Waals surface area contributed by atoms with Gasteiger partial charge in [0.1, 0.15) is 5.75 Å². The first kappa shape index (κ1) is 14.8. The van der Waals surface area contributed by atoms with Gasteiger partial charge in [-0.2, -0.15) is 0 Å². The molecule has 0 radical (unpaired) electrons. The number of aromatic hydroxyl groups is 1. The molecule has 0 aliphatic rings. The quantitative estimate of drug-likeness (QED) is 0.862. The van der Waals surface area contributed by atoms with Crippen molar-refractivity contribution in [1.82, 2.24) is 10.2 Å². The second-order valence-electron chi connectivity index (χ2n) is 4.49. The molecule has 0 heterocycles. The molecule has 5 heteroatoms. The number of amides is 1. The molecule has 4 nitrogen and oxygen atoms in total. The predicted octanol–water partition coefficient (Wildman–Crippen LogP) is 2.12. The van der Waals surface area contributed by atoms with E-state index in [0.717, 1.165) is 6.54 Å². The van der Waals surface area contributed by atoms with Crippen molar-refractivity contribution in [2.75, 3.05) is 20.1 Å². The summed E-state index contributed by atoms with van der Waals surface area (Å²) < 4.78 is 0. The van der Waals surface area contributed by atoms with Crippen LogP contribution in [0.5, 0.6) is 5.75 Å². The van der Waals surface area contributed by atoms with E-state index in [4.69, 9.17) is 11.6 Å². The third kappa shape index (κ3) is 4.20. The summed E-state index contributed by atoms with van der Waals surface area (Å²) in [7, 11) is 1.99. The second kappa shape index (κ2) is 6.61. The van der Waals surface area contributed by atoms with Crippen LogP contribution in [0.25, 0.3) is 0 Å². The molecule has 1 aromatic carbocycles. The van der Waals surface area contributed by atoms with Crippen LogP contribution in [0.3, 0.4) is 0 Å². The molecule has 1 amide bonds. The smallest absolute Gasteiger partial charge is 0.255 e. The van der Waals surface area contributed by atoms with E-state index in [-0.39, 0.29) is 17.2 Å². The van der Waals surface area contributed by atoms with Gasteiger partial charge in [0.25, 0.3) is 5.91 Å². The topological polar surface area (TPSA) is 52.6 Å². The van der Waals surface area contributed by atoms with Crippen molar-refractivity contribution in [1.29, 1.82) is 0 Å². The van der Waals surface area contributed by atoms with Gasteiger partial charge in [-0.15, -0.1) is 0 Å². The fourth-order valence-corrected chi connectivity index (χ4v) is 1.56. The monoisotopic (exact) mass is 270 g/mol. The number of phenols is 1. The highest BCUT2D eigenvalue weighted by Gasteiger charge is 2.11. The molecule has 0 saturated carbocycles. The molecule has 0 aromatic heterocycles. The lowest BCUT2D eigenvalue weighted by Gasteiger charge is -2.20. The van der Waals surface area contributed by atoms with E-state index in [9.17, 15) is 9.90 Å². The number of benzene rings is 1. The third-order valence-electron chi connectivity index (χ3n) is 2.83. The fraction of sp³-hybridized carbons (Fsp3) is 0.462. The van der Waals surface area contributed by atoms with Gasteiger partial charge in [-0.05, 0) is 39.1 Å². The van der Waals surface area contributed by atoms with Crippen LogP contribution in [0.2, 0.25) is 5.02 Å². The molecule has 1 aromatic rings. The Balaban J connectivity index is 2.53. The maximum absolute atomic E-state index is 11.8. The Hall–Kier alpha value is -1.26. The van der Waals surface area contributed by atoms with Gasteiger partial charge >= 0.3 is 0 Å². The summed E-state index contributed by atoms with van der Waals surface area (Å²) in [5.74, 6) is -0.374. The lowest BCUT2D eigenvalue weighted by molar-refractivity contribution is 0.0945. The van der Waals surface area contributed by atoms with E-state index in [1.165, 1.54) is 12.1 Å². The van der Waals surface area contributed by atoms with Gasteiger partial charge in [-0.3, -0.25) is 4.79 Å². The molecule has 0 saturated heterocycles. The highest BCUT2D eigenvalue weighted by molar-refractivity contribution is 6.31. The molecule has 18 heavy (non-hydrogen) atoms. The van der Waals surface area contributed by atoms with Crippen molar-refractivity contribution in [3.05, 3.63) is 28.8 Å². The standard InChI is InChI=1S/C13H19ClN2O2/c1-9(2)16(3)7-6-15-13(18)11-8-10(14)4-5-12(11)17/h4-5,8-9,17H,6-7H2,1-3H3,(H,15,18). The third-order valence-corrected chi connectivity index (χ3v) is 3.07. The van der Waals surface area contributed by atoms with Crippen LogP contribution in [0.4, 0.5) is 0 Å². The number of nitrogens with zero attached hydrogens (tertiary/aromatic N) is 1. The minimum Gasteiger partial charge on any atom is -0.507 e. The van der Waals surface area contributed by atoms with E-state index in [2.05, 4.69) is 24.1 Å². The number of rotatable bonds is 5. The van der Waals surface area contributed by atoms with Gasteiger partial charge in [0.2, 0.25) is 0 Å². The molecule has 0 atom stereocenters. The average Bonchev–Trinajstić information content (AvgIpc) is 2.31. The van der Waals surface area contributed by atoms with Crippen LogP contribution in [-0.4, -0.2) is 42.1 Å². The van der Waals surface area contributed by atoms with Gasteiger partial charge in [0, 0.05) is 24.2 Å². The molecule has 0 fully saturated rings. The molecule has 0 aliphatic heterocycles. The van der Waals surface area contributed by atoms with Crippen LogP contribution in [0, 0.1) is 0 Å². The zero-order chi connectivity index (χ0) is 13.7. The number of hydrogen-bond acceptors (Lipinski definition) is 3. The van der Waals surface area contributed by atoms with Crippen LogP contribution in [-0.2, 0) is 0 Å². The largest absolute Gasteiger partial charge is 0.507 e. The number of hydrogen-bond donors (Lipinski definition) is 2. The zero-order valence-corrected chi connectivity index (χ0v) is 11.7. The Morgan fingerprint density at radius 3 is 2.78 bits per heavy atom. The summed E-state index contributed by atoms with van der Waals surface area (Å²) >= 11 is 5.79. The van der Waals surface area contributed by atoms with E-state index in [1.54, 1.807) is 6.07 Å². The van der Waals surface area contributed by atoms with Crippen LogP contribution in [0.15, 0.2) is 18.2 Å². The molecule has 2 N–H and O–H groups in total. The van der Waals surface area contributed by atoms with E-state index < -0.39 is 0 Å². The van der Waals surface area contributed by atoms with Crippen LogP contribution < -0.4 is 5.32 Å². The number of nitrogens with one attached hydrogen (secondary N) is 1. The SMILES string of the molecule is CC(C)N(C)CCNC(=O)c1cc(Cl)ccc1O. The minimum absolute atomic E-state index is 0.0610. The molecule has 0 bridgehead atoms. The Morgan fingerprint density at radius 2 is 2.17 bits per heavy atom. The Labute approximate surface area is 113 Å². The average molecular weight is 271 g/mol. The second-order valence-corrected chi connectivity index (χ2v) is 4.93. The molecular formula is C13H19ClN2O2. The predicted molar refractivity (Wildman–Crippen MR) is 73.2 cm³/mol. The summed E-state index contributed by atoms with van der Waals surface area (Å²) in [6, 6.07) is 4.84. The summed E-state index contributed by atoms with van der Waals surface area (Å²) in [6.07, 6.45) is 0. The highest BCUT2D eigenvalue weighted by atomic mass is 35.5. The number of likely N-dealkylation sites (N-methyl/N-ethyl adjacent to an activating group) is 1. The van der Waals surface area contributed by atoms with E-state index in [1.807, 2.05) is 7.05 Å². The summed E-state index contributed by atoms with van der Waals surface area (Å²) in [5, 5.41) is 12.8. The van der Waals surface area contributed by atoms with Crippen LogP contribution >= 0.6 is 11.6 Å². The molecule has 1 rings (SSSR count). The van der Waals surface area contributed by atoms with Gasteiger partial charge in [0.05, 0.1) is 5.56 Å². The maximum Gasteiger partial charge on any atom is 0.255 e. The van der Waals surface area contributed by atoms with E-state index >= 15 is 0 Å². The van der Waals surface area contributed by atoms with Crippen molar-refractivity contribution >= 4 is 17.5 Å².